The highest BCUT2D eigenvalue weighted by Gasteiger charge is 2.36. The molecule has 0 bridgehead atoms. The lowest BCUT2D eigenvalue weighted by Crippen LogP contribution is -2.55. The van der Waals surface area contributed by atoms with Crippen LogP contribution in [0.2, 0.25) is 5.02 Å². The highest BCUT2D eigenvalue weighted by Crippen LogP contribution is 2.35. The van der Waals surface area contributed by atoms with Crippen molar-refractivity contribution < 1.29 is 19.4 Å². The first kappa shape index (κ1) is 25.2. The van der Waals surface area contributed by atoms with Crippen LogP contribution in [0, 0.1) is 12.8 Å². The van der Waals surface area contributed by atoms with E-state index in [1.807, 2.05) is 4.90 Å². The van der Waals surface area contributed by atoms with E-state index in [0.717, 1.165) is 24.2 Å². The molecular weight excluding hydrogens is 574 g/mol. The maximum Gasteiger partial charge on any atom is 0.348 e. The topological polar surface area (TPSA) is 138 Å². The summed E-state index contributed by atoms with van der Waals surface area (Å²) in [4.78, 5) is 38.9. The number of nitrogens with one attached hydrogen (secondary N) is 2. The number of piperidine rings is 1. The highest BCUT2D eigenvalue weighted by atomic mass is 79.9. The molecule has 0 aromatic carbocycles. The highest BCUT2D eigenvalue weighted by molar-refractivity contribution is 9.10. The van der Waals surface area contributed by atoms with Gasteiger partial charge in [0.2, 0.25) is 0 Å². The molecule has 1 amide bonds. The molecule has 2 fully saturated rings. The second kappa shape index (κ2) is 10.1. The van der Waals surface area contributed by atoms with E-state index in [2.05, 4.69) is 41.3 Å². The number of ether oxygens (including phenoxy) is 1. The number of anilines is 1. The summed E-state index contributed by atoms with van der Waals surface area (Å²) in [6.07, 6.45) is 3.98. The van der Waals surface area contributed by atoms with E-state index < -0.39 is 5.97 Å². The summed E-state index contributed by atoms with van der Waals surface area (Å²) in [5, 5.41) is 18.0. The van der Waals surface area contributed by atoms with Crippen LogP contribution in [-0.2, 0) is 11.8 Å². The average Bonchev–Trinajstić information content (AvgIpc) is 3.31. The van der Waals surface area contributed by atoms with Crippen molar-refractivity contribution in [3.05, 3.63) is 32.1 Å². The zero-order valence-corrected chi connectivity index (χ0v) is 22.8. The van der Waals surface area contributed by atoms with Crippen molar-refractivity contribution in [1.29, 1.82) is 0 Å². The van der Waals surface area contributed by atoms with Gasteiger partial charge in [-0.1, -0.05) is 22.9 Å². The summed E-state index contributed by atoms with van der Waals surface area (Å²) in [6, 6.07) is -0.223. The van der Waals surface area contributed by atoms with Crippen molar-refractivity contribution >= 4 is 55.9 Å². The number of thiazole rings is 1. The molecule has 1 saturated heterocycles. The molecule has 3 aromatic rings. The number of hydrogen-bond acceptors (Lipinski definition) is 8. The molecule has 36 heavy (non-hydrogen) atoms. The maximum atomic E-state index is 13.0. The van der Waals surface area contributed by atoms with Crippen LogP contribution in [0.15, 0.2) is 10.8 Å². The minimum atomic E-state index is -1.06. The molecule has 1 aliphatic heterocycles. The summed E-state index contributed by atoms with van der Waals surface area (Å²) in [5.41, 5.74) is 1.37. The van der Waals surface area contributed by atoms with Crippen LogP contribution >= 0.6 is 38.9 Å². The Hall–Kier alpha value is -2.48. The van der Waals surface area contributed by atoms with Crippen LogP contribution in [0.1, 0.15) is 45.1 Å². The molecule has 11 nitrogen and oxygen atoms in total. The smallest absolute Gasteiger partial charge is 0.348 e. The number of carbonyl (C=O) groups is 2. The quantitative estimate of drug-likeness (QED) is 0.358. The lowest BCUT2D eigenvalue weighted by atomic mass is 10.0. The number of aryl methyl sites for hydroxylation is 2. The lowest BCUT2D eigenvalue weighted by Gasteiger charge is -2.38. The fraction of sp³-hybridized carbons (Fsp3) is 0.500. The number of hydrogen-bond donors (Lipinski definition) is 3. The Kier molecular flexibility index (Phi) is 7.07. The van der Waals surface area contributed by atoms with Crippen LogP contribution in [0.4, 0.5) is 5.13 Å². The van der Waals surface area contributed by atoms with Crippen molar-refractivity contribution in [2.24, 2.45) is 13.0 Å². The van der Waals surface area contributed by atoms with E-state index in [9.17, 15) is 14.7 Å². The van der Waals surface area contributed by atoms with E-state index >= 15 is 0 Å². The molecule has 0 radical (unpaired) electrons. The molecule has 1 saturated carbocycles. The zero-order valence-electron chi connectivity index (χ0n) is 19.6. The molecule has 1 aliphatic carbocycles. The third-order valence-corrected chi connectivity index (χ3v) is 9.00. The largest absolute Gasteiger partial charge is 0.477 e. The molecular formula is C22H25BrClN7O4S. The number of aromatic carboxylic acids is 1. The van der Waals surface area contributed by atoms with Crippen molar-refractivity contribution in [3.63, 3.8) is 0 Å². The molecule has 0 unspecified atom stereocenters. The van der Waals surface area contributed by atoms with Gasteiger partial charge < -0.3 is 25.0 Å². The van der Waals surface area contributed by atoms with Crippen LogP contribution in [0.25, 0.3) is 11.5 Å². The van der Waals surface area contributed by atoms with Crippen molar-refractivity contribution in [2.75, 3.05) is 24.6 Å². The van der Waals surface area contributed by atoms with Gasteiger partial charge >= 0.3 is 5.97 Å². The van der Waals surface area contributed by atoms with E-state index in [1.165, 1.54) is 11.0 Å². The first-order valence-electron chi connectivity index (χ1n) is 11.5. The van der Waals surface area contributed by atoms with E-state index in [1.54, 1.807) is 14.0 Å². The SMILES string of the molecule is Cc1[nH]c(C(=O)N[C@@H]2CCN(c3nc(-c4ncnn4C)c(C(=O)O)s3)C[C@@H]2OCC2CC2)c(Br)c1Cl. The van der Waals surface area contributed by atoms with Gasteiger partial charge in [0.25, 0.3) is 5.91 Å². The molecule has 3 aromatic heterocycles. The zero-order chi connectivity index (χ0) is 25.6. The average molecular weight is 599 g/mol. The first-order chi connectivity index (χ1) is 17.2. The molecule has 0 spiro atoms. The minimum Gasteiger partial charge on any atom is -0.477 e. The fourth-order valence-corrected chi connectivity index (χ4v) is 5.84. The number of H-pyrrole nitrogens is 1. The first-order valence-corrected chi connectivity index (χ1v) is 13.5. The Morgan fingerprint density at radius 3 is 2.78 bits per heavy atom. The molecule has 4 heterocycles. The number of nitrogens with zero attached hydrogens (tertiary/aromatic N) is 5. The minimum absolute atomic E-state index is 0.107. The molecule has 14 heteroatoms. The summed E-state index contributed by atoms with van der Waals surface area (Å²) in [6.45, 7) is 3.47. The van der Waals surface area contributed by atoms with E-state index in [4.69, 9.17) is 16.3 Å². The fourth-order valence-electron chi connectivity index (χ4n) is 4.19. The number of carboxylic acids is 1. The Morgan fingerprint density at radius 1 is 1.39 bits per heavy atom. The van der Waals surface area contributed by atoms with Gasteiger partial charge in [0.15, 0.2) is 11.0 Å². The molecule has 192 valence electrons. The summed E-state index contributed by atoms with van der Waals surface area (Å²) < 4.78 is 8.31. The second-order valence-corrected chi connectivity index (χ2v) is 11.2. The van der Waals surface area contributed by atoms with Gasteiger partial charge in [0.1, 0.15) is 22.6 Å². The Labute approximate surface area is 224 Å². The van der Waals surface area contributed by atoms with Crippen molar-refractivity contribution in [1.82, 2.24) is 30.0 Å². The van der Waals surface area contributed by atoms with E-state index in [-0.39, 0.29) is 28.6 Å². The van der Waals surface area contributed by atoms with Gasteiger partial charge in [-0.25, -0.2) is 19.4 Å². The third kappa shape index (κ3) is 5.01. The van der Waals surface area contributed by atoms with Crippen LogP contribution < -0.4 is 10.2 Å². The van der Waals surface area contributed by atoms with Crippen LogP contribution in [0.5, 0.6) is 0 Å². The van der Waals surface area contributed by atoms with Gasteiger partial charge in [-0.05, 0) is 48.0 Å². The third-order valence-electron chi connectivity index (χ3n) is 6.40. The molecule has 5 rings (SSSR count). The van der Waals surface area contributed by atoms with Crippen LogP contribution in [-0.4, -0.2) is 73.6 Å². The Balaban J connectivity index is 1.36. The Bertz CT molecular complexity index is 1300. The number of carbonyl (C=O) groups excluding carboxylic acids is 1. The Morgan fingerprint density at radius 2 is 2.17 bits per heavy atom. The van der Waals surface area contributed by atoms with Gasteiger partial charge in [-0.3, -0.25) is 4.79 Å². The van der Waals surface area contributed by atoms with Crippen molar-refractivity contribution in [2.45, 2.75) is 38.3 Å². The van der Waals surface area contributed by atoms with Gasteiger partial charge in [0, 0.05) is 32.4 Å². The number of aromatic nitrogens is 5. The number of carboxylic acid groups (broad SMARTS) is 1. The summed E-state index contributed by atoms with van der Waals surface area (Å²) in [5.74, 6) is -0.381. The number of amides is 1. The van der Waals surface area contributed by atoms with Crippen molar-refractivity contribution in [3.8, 4) is 11.5 Å². The lowest BCUT2D eigenvalue weighted by molar-refractivity contribution is 0.0146. The van der Waals surface area contributed by atoms with Crippen LogP contribution in [0.3, 0.4) is 0 Å². The number of halogens is 2. The predicted molar refractivity (Wildman–Crippen MR) is 138 cm³/mol. The molecule has 2 atom stereocenters. The van der Waals surface area contributed by atoms with Gasteiger partial charge in [0.05, 0.1) is 21.6 Å². The monoisotopic (exact) mass is 597 g/mol. The van der Waals surface area contributed by atoms with Gasteiger partial charge in [-0.15, -0.1) is 0 Å². The molecule has 2 aliphatic rings. The standard InChI is InChI=1S/C22H25BrClN7O4S/c1-10-15(24)14(23)16(27-10)20(32)28-12-5-6-31(7-13(12)35-8-11-3-4-11)22-29-17(18(36-22)21(33)34)19-25-9-26-30(19)2/h9,11-13,27H,3-8H2,1-2H3,(H,28,32)(H,33,34)/t12-,13+/m1/s1. The molecule has 3 N–H and O–H groups in total. The summed E-state index contributed by atoms with van der Waals surface area (Å²) in [7, 11) is 1.69. The normalized spacial score (nSPS) is 20.1. The predicted octanol–water partition coefficient (Wildman–Crippen LogP) is 3.49. The number of rotatable bonds is 8. The maximum absolute atomic E-state index is 13.0. The number of aromatic amines is 1. The van der Waals surface area contributed by atoms with Gasteiger partial charge in [-0.2, -0.15) is 5.10 Å². The van der Waals surface area contributed by atoms with E-state index in [0.29, 0.717) is 63.9 Å². The second-order valence-electron chi connectivity index (χ2n) is 9.07. The summed E-state index contributed by atoms with van der Waals surface area (Å²) >= 11 is 10.7.